The van der Waals surface area contributed by atoms with Gasteiger partial charge in [0.25, 0.3) is 5.69 Å². The summed E-state index contributed by atoms with van der Waals surface area (Å²) in [4.78, 5) is 26.4. The number of aryl methyl sites for hydroxylation is 1. The van der Waals surface area contributed by atoms with Gasteiger partial charge >= 0.3 is 0 Å². The molecule has 0 aliphatic carbocycles. The van der Waals surface area contributed by atoms with Crippen LogP contribution in [0.5, 0.6) is 0 Å². The van der Waals surface area contributed by atoms with Crippen molar-refractivity contribution in [2.75, 3.05) is 36.0 Å². The number of hydrogen-bond donors (Lipinski definition) is 1. The summed E-state index contributed by atoms with van der Waals surface area (Å²) in [5, 5.41) is 11.4. The molecule has 1 saturated heterocycles. The van der Waals surface area contributed by atoms with Gasteiger partial charge < -0.3 is 15.5 Å². The number of nitro benzene ring substituents is 1. The predicted octanol–water partition coefficient (Wildman–Crippen LogP) is 2.33. The van der Waals surface area contributed by atoms with Gasteiger partial charge in [0.05, 0.1) is 4.92 Å². The van der Waals surface area contributed by atoms with Gasteiger partial charge in [-0.05, 0) is 36.8 Å². The first kappa shape index (κ1) is 16.8. The number of anilines is 2. The van der Waals surface area contributed by atoms with Crippen molar-refractivity contribution in [2.24, 2.45) is 5.73 Å². The van der Waals surface area contributed by atoms with Crippen molar-refractivity contribution in [3.05, 3.63) is 63.7 Å². The van der Waals surface area contributed by atoms with E-state index < -0.39 is 10.8 Å². The lowest BCUT2D eigenvalue weighted by atomic mass is 10.1. The van der Waals surface area contributed by atoms with E-state index in [4.69, 9.17) is 5.73 Å². The molecule has 0 spiro atoms. The van der Waals surface area contributed by atoms with Crippen LogP contribution < -0.4 is 15.5 Å². The number of piperazine rings is 1. The largest absolute Gasteiger partial charge is 0.368 e. The van der Waals surface area contributed by atoms with E-state index >= 15 is 0 Å². The lowest BCUT2D eigenvalue weighted by molar-refractivity contribution is -0.384. The first-order valence-corrected chi connectivity index (χ1v) is 8.10. The molecule has 1 fully saturated rings. The highest BCUT2D eigenvalue weighted by atomic mass is 16.6. The molecule has 0 unspecified atom stereocenters. The van der Waals surface area contributed by atoms with Crippen LogP contribution in [0.15, 0.2) is 42.5 Å². The smallest absolute Gasteiger partial charge is 0.293 e. The molecule has 1 amide bonds. The molecule has 7 heteroatoms. The average Bonchev–Trinajstić information content (AvgIpc) is 2.61. The van der Waals surface area contributed by atoms with E-state index in [2.05, 4.69) is 30.0 Å². The normalized spacial score (nSPS) is 14.4. The average molecular weight is 340 g/mol. The third kappa shape index (κ3) is 3.55. The Morgan fingerprint density at radius 1 is 1.08 bits per heavy atom. The Bertz CT molecular complexity index is 814. The van der Waals surface area contributed by atoms with Crippen LogP contribution in [0.2, 0.25) is 0 Å². The summed E-state index contributed by atoms with van der Waals surface area (Å²) in [6, 6.07) is 12.7. The molecule has 0 radical (unpaired) electrons. The summed E-state index contributed by atoms with van der Waals surface area (Å²) in [5.74, 6) is -0.668. The van der Waals surface area contributed by atoms with Crippen molar-refractivity contribution in [2.45, 2.75) is 6.92 Å². The van der Waals surface area contributed by atoms with Crippen molar-refractivity contribution in [1.82, 2.24) is 0 Å². The molecule has 25 heavy (non-hydrogen) atoms. The first-order chi connectivity index (χ1) is 12.0. The second kappa shape index (κ2) is 6.80. The summed E-state index contributed by atoms with van der Waals surface area (Å²) < 4.78 is 0. The number of carbonyl (C=O) groups is 1. The van der Waals surface area contributed by atoms with Crippen LogP contribution in [-0.2, 0) is 0 Å². The lowest BCUT2D eigenvalue weighted by Crippen LogP contribution is -2.46. The summed E-state index contributed by atoms with van der Waals surface area (Å²) >= 11 is 0. The molecule has 0 aromatic heterocycles. The molecule has 0 saturated carbocycles. The number of carbonyl (C=O) groups excluding carboxylic acids is 1. The van der Waals surface area contributed by atoms with E-state index in [-0.39, 0.29) is 11.3 Å². The Morgan fingerprint density at radius 2 is 1.76 bits per heavy atom. The highest BCUT2D eigenvalue weighted by molar-refractivity contribution is 5.94. The van der Waals surface area contributed by atoms with Gasteiger partial charge in [0.1, 0.15) is 5.69 Å². The maximum absolute atomic E-state index is 11.4. The molecule has 7 nitrogen and oxygen atoms in total. The first-order valence-electron chi connectivity index (χ1n) is 8.10. The standard InChI is InChI=1S/C18H20N4O3/c1-13-3-2-4-15(11-13)20-7-9-21(10-8-20)16-6-5-14(18(19)23)12-17(16)22(24)25/h2-6,11-12H,7-10H2,1H3,(H2,19,23). The van der Waals surface area contributed by atoms with Gasteiger partial charge in [0.2, 0.25) is 5.91 Å². The SMILES string of the molecule is Cc1cccc(N2CCN(c3ccc(C(N)=O)cc3[N+](=O)[O-])CC2)c1. The fraction of sp³-hybridized carbons (Fsp3) is 0.278. The van der Waals surface area contributed by atoms with Crippen LogP contribution in [0.4, 0.5) is 17.1 Å². The summed E-state index contributed by atoms with van der Waals surface area (Å²) in [5.41, 5.74) is 8.19. The number of rotatable bonds is 4. The fourth-order valence-corrected chi connectivity index (χ4v) is 3.12. The Balaban J connectivity index is 1.78. The highest BCUT2D eigenvalue weighted by Gasteiger charge is 2.25. The van der Waals surface area contributed by atoms with E-state index in [9.17, 15) is 14.9 Å². The molecular weight excluding hydrogens is 320 g/mol. The zero-order valence-corrected chi connectivity index (χ0v) is 14.0. The van der Waals surface area contributed by atoms with Gasteiger partial charge in [-0.2, -0.15) is 0 Å². The fourth-order valence-electron chi connectivity index (χ4n) is 3.12. The van der Waals surface area contributed by atoms with Gasteiger partial charge in [-0.25, -0.2) is 0 Å². The minimum Gasteiger partial charge on any atom is -0.368 e. The van der Waals surface area contributed by atoms with Crippen LogP contribution in [-0.4, -0.2) is 37.0 Å². The minimum atomic E-state index is -0.668. The van der Waals surface area contributed by atoms with E-state index in [1.54, 1.807) is 6.07 Å². The molecule has 1 aliphatic rings. The molecule has 0 atom stereocenters. The molecule has 3 rings (SSSR count). The van der Waals surface area contributed by atoms with Gasteiger partial charge in [-0.15, -0.1) is 0 Å². The topological polar surface area (TPSA) is 92.7 Å². The Kier molecular flexibility index (Phi) is 4.56. The molecule has 130 valence electrons. The highest BCUT2D eigenvalue weighted by Crippen LogP contribution is 2.30. The Morgan fingerprint density at radius 3 is 2.36 bits per heavy atom. The summed E-state index contributed by atoms with van der Waals surface area (Å²) in [7, 11) is 0. The quantitative estimate of drug-likeness (QED) is 0.681. The van der Waals surface area contributed by atoms with Crippen molar-refractivity contribution < 1.29 is 9.72 Å². The van der Waals surface area contributed by atoms with Gasteiger partial charge in [-0.3, -0.25) is 14.9 Å². The van der Waals surface area contributed by atoms with E-state index in [1.807, 2.05) is 11.0 Å². The van der Waals surface area contributed by atoms with Crippen molar-refractivity contribution >= 4 is 23.0 Å². The summed E-state index contributed by atoms with van der Waals surface area (Å²) in [6.07, 6.45) is 0. The molecular formula is C18H20N4O3. The van der Waals surface area contributed by atoms with E-state index in [1.165, 1.54) is 23.4 Å². The van der Waals surface area contributed by atoms with Crippen LogP contribution >= 0.6 is 0 Å². The second-order valence-electron chi connectivity index (χ2n) is 6.14. The molecule has 1 aliphatic heterocycles. The maximum atomic E-state index is 11.4. The van der Waals surface area contributed by atoms with Crippen molar-refractivity contribution in [3.8, 4) is 0 Å². The van der Waals surface area contributed by atoms with Crippen LogP contribution in [0, 0.1) is 17.0 Å². The second-order valence-corrected chi connectivity index (χ2v) is 6.14. The Hall–Kier alpha value is -3.09. The number of benzene rings is 2. The van der Waals surface area contributed by atoms with Gasteiger partial charge in [-0.1, -0.05) is 12.1 Å². The number of nitrogens with zero attached hydrogens (tertiary/aromatic N) is 3. The molecule has 0 bridgehead atoms. The third-order valence-corrected chi connectivity index (χ3v) is 4.44. The number of hydrogen-bond acceptors (Lipinski definition) is 5. The number of nitro groups is 1. The van der Waals surface area contributed by atoms with Gasteiger partial charge in [0.15, 0.2) is 0 Å². The molecule has 2 aromatic rings. The van der Waals surface area contributed by atoms with E-state index in [0.717, 1.165) is 13.1 Å². The van der Waals surface area contributed by atoms with E-state index in [0.29, 0.717) is 18.8 Å². The number of nitrogens with two attached hydrogens (primary N) is 1. The van der Waals surface area contributed by atoms with Crippen LogP contribution in [0.3, 0.4) is 0 Å². The molecule has 2 N–H and O–H groups in total. The number of primary amides is 1. The number of amides is 1. The monoisotopic (exact) mass is 340 g/mol. The molecule has 2 aromatic carbocycles. The van der Waals surface area contributed by atoms with Gasteiger partial charge in [0, 0.05) is 43.5 Å². The van der Waals surface area contributed by atoms with Crippen molar-refractivity contribution in [3.63, 3.8) is 0 Å². The summed E-state index contributed by atoms with van der Waals surface area (Å²) in [6.45, 7) is 4.95. The third-order valence-electron chi connectivity index (χ3n) is 4.44. The zero-order chi connectivity index (χ0) is 18.0. The van der Waals surface area contributed by atoms with Crippen LogP contribution in [0.25, 0.3) is 0 Å². The maximum Gasteiger partial charge on any atom is 0.293 e. The van der Waals surface area contributed by atoms with Crippen LogP contribution in [0.1, 0.15) is 15.9 Å². The van der Waals surface area contributed by atoms with Crippen molar-refractivity contribution in [1.29, 1.82) is 0 Å². The lowest BCUT2D eigenvalue weighted by Gasteiger charge is -2.37. The predicted molar refractivity (Wildman–Crippen MR) is 97.2 cm³/mol. The zero-order valence-electron chi connectivity index (χ0n) is 14.0. The Labute approximate surface area is 145 Å². The molecule has 1 heterocycles. The minimum absolute atomic E-state index is 0.0831.